The van der Waals surface area contributed by atoms with E-state index in [-0.39, 0.29) is 12.5 Å². The molecule has 0 aliphatic heterocycles. The minimum Gasteiger partial charge on any atom is -0.467 e. The van der Waals surface area contributed by atoms with Crippen LogP contribution in [0, 0.1) is 6.92 Å². The topological polar surface area (TPSA) is 75.4 Å². The molecule has 0 fully saturated rings. The van der Waals surface area contributed by atoms with Gasteiger partial charge in [0.15, 0.2) is 0 Å². The molecule has 1 amide bonds. The number of hydrogen-bond acceptors (Lipinski definition) is 5. The lowest BCUT2D eigenvalue weighted by Gasteiger charge is -2.08. The first-order chi connectivity index (χ1) is 11.1. The summed E-state index contributed by atoms with van der Waals surface area (Å²) in [5.74, 6) is 0.184. The SMILES string of the molecule is Cc1nc(-c2ccccc2)sc1C(=O)NCC(O)c1ccco1. The molecule has 6 heteroatoms. The predicted molar refractivity (Wildman–Crippen MR) is 88.3 cm³/mol. The third-order valence-corrected chi connectivity index (χ3v) is 4.56. The van der Waals surface area contributed by atoms with E-state index in [4.69, 9.17) is 4.42 Å². The minimum absolute atomic E-state index is 0.0877. The van der Waals surface area contributed by atoms with Crippen LogP contribution in [-0.2, 0) is 0 Å². The number of thiazole rings is 1. The monoisotopic (exact) mass is 328 g/mol. The first-order valence-corrected chi connectivity index (χ1v) is 7.99. The summed E-state index contributed by atoms with van der Waals surface area (Å²) in [5.41, 5.74) is 1.66. The number of carbonyl (C=O) groups is 1. The summed E-state index contributed by atoms with van der Waals surface area (Å²) in [6.07, 6.45) is 0.621. The minimum atomic E-state index is -0.865. The lowest BCUT2D eigenvalue weighted by Crippen LogP contribution is -2.28. The molecule has 2 N–H and O–H groups in total. The van der Waals surface area contributed by atoms with Gasteiger partial charge in [-0.3, -0.25) is 4.79 Å². The molecule has 23 heavy (non-hydrogen) atoms. The van der Waals surface area contributed by atoms with E-state index < -0.39 is 6.10 Å². The van der Waals surface area contributed by atoms with Crippen molar-refractivity contribution in [3.8, 4) is 10.6 Å². The van der Waals surface area contributed by atoms with Crippen LogP contribution in [0.25, 0.3) is 10.6 Å². The molecular formula is C17H16N2O3S. The Morgan fingerprint density at radius 2 is 2.09 bits per heavy atom. The van der Waals surface area contributed by atoms with E-state index in [1.54, 1.807) is 19.1 Å². The quantitative estimate of drug-likeness (QED) is 0.754. The Labute approximate surface area is 137 Å². The molecule has 3 aromatic rings. The van der Waals surface area contributed by atoms with Crippen molar-refractivity contribution in [3.63, 3.8) is 0 Å². The third kappa shape index (κ3) is 3.49. The lowest BCUT2D eigenvalue weighted by molar-refractivity contribution is 0.0904. The fourth-order valence-corrected chi connectivity index (χ4v) is 3.15. The van der Waals surface area contributed by atoms with Crippen LogP contribution in [0.4, 0.5) is 0 Å². The van der Waals surface area contributed by atoms with Crippen LogP contribution < -0.4 is 5.32 Å². The van der Waals surface area contributed by atoms with Gasteiger partial charge in [0.1, 0.15) is 21.7 Å². The molecule has 0 saturated heterocycles. The molecule has 1 atom stereocenters. The molecule has 1 unspecified atom stereocenters. The number of aromatic nitrogens is 1. The number of aliphatic hydroxyl groups is 1. The van der Waals surface area contributed by atoms with Gasteiger partial charge in [0.2, 0.25) is 0 Å². The van der Waals surface area contributed by atoms with Crippen LogP contribution in [0.2, 0.25) is 0 Å². The van der Waals surface area contributed by atoms with E-state index in [1.807, 2.05) is 30.3 Å². The van der Waals surface area contributed by atoms with Gasteiger partial charge in [-0.15, -0.1) is 11.3 Å². The number of benzene rings is 1. The number of nitrogens with one attached hydrogen (secondary N) is 1. The Hall–Kier alpha value is -2.44. The Morgan fingerprint density at radius 3 is 2.78 bits per heavy atom. The summed E-state index contributed by atoms with van der Waals surface area (Å²) in [5, 5.41) is 13.5. The average molecular weight is 328 g/mol. The average Bonchev–Trinajstić information content (AvgIpc) is 3.23. The molecule has 118 valence electrons. The third-order valence-electron chi connectivity index (χ3n) is 3.35. The summed E-state index contributed by atoms with van der Waals surface area (Å²) in [6.45, 7) is 1.89. The Balaban J connectivity index is 1.69. The normalized spacial score (nSPS) is 12.1. The second-order valence-corrected chi connectivity index (χ2v) is 6.04. The van der Waals surface area contributed by atoms with Crippen molar-refractivity contribution >= 4 is 17.2 Å². The molecule has 0 aliphatic carbocycles. The lowest BCUT2D eigenvalue weighted by atomic mass is 10.2. The molecule has 0 radical (unpaired) electrons. The van der Waals surface area contributed by atoms with Crippen molar-refractivity contribution < 1.29 is 14.3 Å². The van der Waals surface area contributed by atoms with Gasteiger partial charge >= 0.3 is 0 Å². The Morgan fingerprint density at radius 1 is 1.30 bits per heavy atom. The van der Waals surface area contributed by atoms with Crippen LogP contribution in [0.5, 0.6) is 0 Å². The van der Waals surface area contributed by atoms with Gasteiger partial charge in [-0.1, -0.05) is 30.3 Å². The number of furan rings is 1. The molecule has 0 saturated carbocycles. The number of carbonyl (C=O) groups excluding carboxylic acids is 1. The number of rotatable bonds is 5. The molecule has 2 heterocycles. The number of aryl methyl sites for hydroxylation is 1. The molecule has 5 nitrogen and oxygen atoms in total. The van der Waals surface area contributed by atoms with Gasteiger partial charge in [-0.25, -0.2) is 4.98 Å². The summed E-state index contributed by atoms with van der Waals surface area (Å²) in [6, 6.07) is 13.1. The highest BCUT2D eigenvalue weighted by Gasteiger charge is 2.18. The van der Waals surface area contributed by atoms with E-state index in [9.17, 15) is 9.90 Å². The summed E-state index contributed by atoms with van der Waals surface area (Å²) in [7, 11) is 0. The van der Waals surface area contributed by atoms with Gasteiger partial charge in [0.05, 0.1) is 18.5 Å². The predicted octanol–water partition coefficient (Wildman–Crippen LogP) is 3.17. The van der Waals surface area contributed by atoms with E-state index in [2.05, 4.69) is 10.3 Å². The summed E-state index contributed by atoms with van der Waals surface area (Å²) in [4.78, 5) is 17.3. The van der Waals surface area contributed by atoms with Crippen molar-refractivity contribution in [1.82, 2.24) is 10.3 Å². The smallest absolute Gasteiger partial charge is 0.263 e. The highest BCUT2D eigenvalue weighted by atomic mass is 32.1. The summed E-state index contributed by atoms with van der Waals surface area (Å²) < 4.78 is 5.11. The molecule has 0 bridgehead atoms. The maximum atomic E-state index is 12.3. The zero-order valence-corrected chi connectivity index (χ0v) is 13.3. The molecule has 3 rings (SSSR count). The van der Waals surface area contributed by atoms with Gasteiger partial charge in [0.25, 0.3) is 5.91 Å². The van der Waals surface area contributed by atoms with Gasteiger partial charge < -0.3 is 14.8 Å². The number of hydrogen-bond donors (Lipinski definition) is 2. The van der Waals surface area contributed by atoms with Crippen molar-refractivity contribution in [2.45, 2.75) is 13.0 Å². The zero-order valence-electron chi connectivity index (χ0n) is 12.5. The Kier molecular flexibility index (Phi) is 4.55. The second-order valence-electron chi connectivity index (χ2n) is 5.04. The van der Waals surface area contributed by atoms with Crippen LogP contribution in [-0.4, -0.2) is 22.5 Å². The Bertz CT molecular complexity index is 782. The highest BCUT2D eigenvalue weighted by Crippen LogP contribution is 2.27. The standard InChI is InChI=1S/C17H16N2O3S/c1-11-15(23-17(19-11)12-6-3-2-4-7-12)16(21)18-10-13(20)14-8-5-9-22-14/h2-9,13,20H,10H2,1H3,(H,18,21). The first-order valence-electron chi connectivity index (χ1n) is 7.17. The largest absolute Gasteiger partial charge is 0.467 e. The molecule has 2 aromatic heterocycles. The van der Waals surface area contributed by atoms with Gasteiger partial charge in [-0.2, -0.15) is 0 Å². The molecule has 0 aliphatic rings. The van der Waals surface area contributed by atoms with Crippen molar-refractivity contribution in [1.29, 1.82) is 0 Å². The second kappa shape index (κ2) is 6.76. The van der Waals surface area contributed by atoms with E-state index >= 15 is 0 Å². The molecule has 0 spiro atoms. The zero-order chi connectivity index (χ0) is 16.2. The maximum absolute atomic E-state index is 12.3. The van der Waals surface area contributed by atoms with Crippen molar-refractivity contribution in [3.05, 3.63) is 65.1 Å². The van der Waals surface area contributed by atoms with Crippen LogP contribution in [0.3, 0.4) is 0 Å². The van der Waals surface area contributed by atoms with Crippen LogP contribution in [0.15, 0.2) is 53.1 Å². The number of nitrogens with zero attached hydrogens (tertiary/aromatic N) is 1. The molecule has 1 aromatic carbocycles. The fraction of sp³-hybridized carbons (Fsp3) is 0.176. The van der Waals surface area contributed by atoms with Gasteiger partial charge in [-0.05, 0) is 19.1 Å². The van der Waals surface area contributed by atoms with Gasteiger partial charge in [0, 0.05) is 5.56 Å². The van der Waals surface area contributed by atoms with E-state index in [0.717, 1.165) is 10.6 Å². The van der Waals surface area contributed by atoms with Crippen molar-refractivity contribution in [2.75, 3.05) is 6.54 Å². The highest BCUT2D eigenvalue weighted by molar-refractivity contribution is 7.17. The maximum Gasteiger partial charge on any atom is 0.263 e. The van der Waals surface area contributed by atoms with E-state index in [1.165, 1.54) is 17.6 Å². The molecular weight excluding hydrogens is 312 g/mol. The van der Waals surface area contributed by atoms with Crippen LogP contribution in [0.1, 0.15) is 27.2 Å². The number of aliphatic hydroxyl groups excluding tert-OH is 1. The van der Waals surface area contributed by atoms with Crippen LogP contribution >= 0.6 is 11.3 Å². The first kappa shape index (κ1) is 15.5. The fourth-order valence-electron chi connectivity index (χ4n) is 2.16. The number of amides is 1. The summed E-state index contributed by atoms with van der Waals surface area (Å²) >= 11 is 1.34. The van der Waals surface area contributed by atoms with E-state index in [0.29, 0.717) is 16.3 Å². The van der Waals surface area contributed by atoms with Crippen molar-refractivity contribution in [2.24, 2.45) is 0 Å².